The van der Waals surface area contributed by atoms with Crippen LogP contribution in [0.2, 0.25) is 0 Å². The summed E-state index contributed by atoms with van der Waals surface area (Å²) in [5.74, 6) is 1.05. The molecule has 1 atom stereocenters. The van der Waals surface area contributed by atoms with Crippen LogP contribution in [0, 0.1) is 6.92 Å². The molecule has 4 heteroatoms. The summed E-state index contributed by atoms with van der Waals surface area (Å²) in [5, 5.41) is 0. The monoisotopic (exact) mass is 243 g/mol. The molecule has 18 heavy (non-hydrogen) atoms. The van der Waals surface area contributed by atoms with E-state index in [1.807, 2.05) is 11.0 Å². The van der Waals surface area contributed by atoms with E-state index in [0.29, 0.717) is 0 Å². The van der Waals surface area contributed by atoms with E-state index in [1.54, 1.807) is 6.92 Å². The normalized spacial score (nSPS) is 19.7. The van der Waals surface area contributed by atoms with E-state index in [0.717, 1.165) is 36.2 Å². The summed E-state index contributed by atoms with van der Waals surface area (Å²) >= 11 is 0. The number of amides is 1. The average molecular weight is 243 g/mol. The number of hydrogen-bond donors (Lipinski definition) is 1. The predicted molar refractivity (Wildman–Crippen MR) is 70.2 cm³/mol. The predicted octanol–water partition coefficient (Wildman–Crippen LogP) is 2.55. The van der Waals surface area contributed by atoms with Crippen LogP contribution in [-0.4, -0.2) is 27.3 Å². The van der Waals surface area contributed by atoms with E-state index in [9.17, 15) is 4.79 Å². The highest BCUT2D eigenvalue weighted by Gasteiger charge is 2.30. The zero-order valence-corrected chi connectivity index (χ0v) is 10.7. The number of likely N-dealkylation sites (tertiary alicyclic amines) is 1. The van der Waals surface area contributed by atoms with E-state index >= 15 is 0 Å². The summed E-state index contributed by atoms with van der Waals surface area (Å²) < 4.78 is 0. The third-order valence-corrected chi connectivity index (χ3v) is 3.63. The zero-order valence-electron chi connectivity index (χ0n) is 10.7. The van der Waals surface area contributed by atoms with Crippen molar-refractivity contribution in [3.8, 4) is 0 Å². The van der Waals surface area contributed by atoms with Crippen LogP contribution >= 0.6 is 0 Å². The second-order valence-corrected chi connectivity index (χ2v) is 5.01. The molecule has 0 bridgehead atoms. The maximum Gasteiger partial charge on any atom is 0.220 e. The Morgan fingerprint density at radius 2 is 2.33 bits per heavy atom. The number of aromatic amines is 1. The summed E-state index contributed by atoms with van der Waals surface area (Å²) in [7, 11) is 0. The fourth-order valence-electron chi connectivity index (χ4n) is 2.72. The maximum absolute atomic E-state index is 11.6. The van der Waals surface area contributed by atoms with Crippen molar-refractivity contribution in [2.75, 3.05) is 6.54 Å². The SMILES string of the molecule is CC(=O)N1CCC[C@H]1c1nc2cc(C)ccc2[nH]1. The molecular weight excluding hydrogens is 226 g/mol. The van der Waals surface area contributed by atoms with Crippen LogP contribution in [0.3, 0.4) is 0 Å². The van der Waals surface area contributed by atoms with Gasteiger partial charge in [-0.15, -0.1) is 0 Å². The molecule has 1 aromatic carbocycles. The summed E-state index contributed by atoms with van der Waals surface area (Å²) in [6, 6.07) is 6.31. The molecule has 4 nitrogen and oxygen atoms in total. The third-order valence-electron chi connectivity index (χ3n) is 3.63. The van der Waals surface area contributed by atoms with E-state index in [1.165, 1.54) is 5.56 Å². The molecule has 1 amide bonds. The number of carbonyl (C=O) groups is 1. The number of nitrogens with one attached hydrogen (secondary N) is 1. The Balaban J connectivity index is 2.01. The highest BCUT2D eigenvalue weighted by atomic mass is 16.2. The second-order valence-electron chi connectivity index (χ2n) is 5.01. The lowest BCUT2D eigenvalue weighted by molar-refractivity contribution is -0.129. The van der Waals surface area contributed by atoms with Crippen molar-refractivity contribution >= 4 is 16.9 Å². The van der Waals surface area contributed by atoms with Crippen molar-refractivity contribution in [1.82, 2.24) is 14.9 Å². The minimum atomic E-state index is 0.121. The fourth-order valence-corrected chi connectivity index (χ4v) is 2.72. The summed E-state index contributed by atoms with van der Waals surface area (Å²) in [4.78, 5) is 21.5. The van der Waals surface area contributed by atoms with Gasteiger partial charge in [0.15, 0.2) is 0 Å². The summed E-state index contributed by atoms with van der Waals surface area (Å²) in [6.07, 6.45) is 2.05. The van der Waals surface area contributed by atoms with Crippen LogP contribution in [0.1, 0.15) is 37.2 Å². The van der Waals surface area contributed by atoms with E-state index in [4.69, 9.17) is 0 Å². The number of rotatable bonds is 1. The quantitative estimate of drug-likeness (QED) is 0.836. The molecule has 0 unspecified atom stereocenters. The molecule has 1 fully saturated rings. The largest absolute Gasteiger partial charge is 0.340 e. The zero-order chi connectivity index (χ0) is 12.7. The molecular formula is C14H17N3O. The number of benzene rings is 1. The minimum Gasteiger partial charge on any atom is -0.340 e. The van der Waals surface area contributed by atoms with Crippen LogP contribution in [0.25, 0.3) is 11.0 Å². The van der Waals surface area contributed by atoms with Gasteiger partial charge in [-0.05, 0) is 37.5 Å². The number of nitrogens with zero attached hydrogens (tertiary/aromatic N) is 2. The number of fused-ring (bicyclic) bond motifs is 1. The first-order valence-electron chi connectivity index (χ1n) is 6.38. The molecule has 1 aromatic heterocycles. The smallest absolute Gasteiger partial charge is 0.220 e. The van der Waals surface area contributed by atoms with Gasteiger partial charge in [0.05, 0.1) is 17.1 Å². The molecule has 2 aromatic rings. The number of hydrogen-bond acceptors (Lipinski definition) is 2. The highest BCUT2D eigenvalue weighted by Crippen LogP contribution is 2.31. The maximum atomic E-state index is 11.6. The van der Waals surface area contributed by atoms with Crippen LogP contribution < -0.4 is 0 Å². The van der Waals surface area contributed by atoms with Gasteiger partial charge >= 0.3 is 0 Å². The first kappa shape index (κ1) is 11.3. The lowest BCUT2D eigenvalue weighted by Gasteiger charge is -2.21. The van der Waals surface area contributed by atoms with Gasteiger partial charge in [-0.3, -0.25) is 4.79 Å². The molecule has 0 aliphatic carbocycles. The Hall–Kier alpha value is -1.84. The molecule has 94 valence electrons. The number of carbonyl (C=O) groups excluding carboxylic acids is 1. The first-order valence-corrected chi connectivity index (χ1v) is 6.38. The molecule has 1 saturated heterocycles. The van der Waals surface area contributed by atoms with Gasteiger partial charge in [-0.2, -0.15) is 0 Å². The van der Waals surface area contributed by atoms with Crippen molar-refractivity contribution in [1.29, 1.82) is 0 Å². The van der Waals surface area contributed by atoms with Crippen molar-refractivity contribution in [3.63, 3.8) is 0 Å². The first-order chi connectivity index (χ1) is 8.65. The topological polar surface area (TPSA) is 49.0 Å². The molecule has 1 aliphatic heterocycles. The lowest BCUT2D eigenvalue weighted by Crippen LogP contribution is -2.28. The molecule has 1 aliphatic rings. The van der Waals surface area contributed by atoms with Crippen LogP contribution in [0.5, 0.6) is 0 Å². The van der Waals surface area contributed by atoms with Gasteiger partial charge < -0.3 is 9.88 Å². The van der Waals surface area contributed by atoms with E-state index in [-0.39, 0.29) is 11.9 Å². The lowest BCUT2D eigenvalue weighted by atomic mass is 10.2. The molecule has 2 heterocycles. The third kappa shape index (κ3) is 1.78. The molecule has 1 N–H and O–H groups in total. The second kappa shape index (κ2) is 4.12. The van der Waals surface area contributed by atoms with Gasteiger partial charge in [0.25, 0.3) is 0 Å². The van der Waals surface area contributed by atoms with Crippen molar-refractivity contribution in [3.05, 3.63) is 29.6 Å². The number of imidazole rings is 1. The number of aromatic nitrogens is 2. The van der Waals surface area contributed by atoms with E-state index in [2.05, 4.69) is 29.0 Å². The Labute approximate surface area is 106 Å². The van der Waals surface area contributed by atoms with Crippen LogP contribution in [0.15, 0.2) is 18.2 Å². The molecule has 0 radical (unpaired) electrons. The molecule has 0 spiro atoms. The summed E-state index contributed by atoms with van der Waals surface area (Å²) in [6.45, 7) is 4.53. The Morgan fingerprint density at radius 3 is 3.11 bits per heavy atom. The number of aryl methyl sites for hydroxylation is 1. The fraction of sp³-hybridized carbons (Fsp3) is 0.429. The van der Waals surface area contributed by atoms with Crippen molar-refractivity contribution < 1.29 is 4.79 Å². The van der Waals surface area contributed by atoms with E-state index < -0.39 is 0 Å². The van der Waals surface area contributed by atoms with Gasteiger partial charge in [-0.1, -0.05) is 6.07 Å². The minimum absolute atomic E-state index is 0.121. The van der Waals surface area contributed by atoms with Gasteiger partial charge in [0.2, 0.25) is 5.91 Å². The molecule has 3 rings (SSSR count). The van der Waals surface area contributed by atoms with Crippen molar-refractivity contribution in [2.45, 2.75) is 32.7 Å². The van der Waals surface area contributed by atoms with Gasteiger partial charge in [0, 0.05) is 13.5 Å². The van der Waals surface area contributed by atoms with Gasteiger partial charge in [0.1, 0.15) is 5.82 Å². The van der Waals surface area contributed by atoms with Crippen LogP contribution in [0.4, 0.5) is 0 Å². The molecule has 0 saturated carbocycles. The Bertz CT molecular complexity index is 602. The standard InChI is InChI=1S/C14H17N3O/c1-9-5-6-11-12(8-9)16-14(15-11)13-4-3-7-17(13)10(2)18/h5-6,8,13H,3-4,7H2,1-2H3,(H,15,16)/t13-/m0/s1. The average Bonchev–Trinajstić information content (AvgIpc) is 2.93. The highest BCUT2D eigenvalue weighted by molar-refractivity contribution is 5.77. The van der Waals surface area contributed by atoms with Crippen LogP contribution in [-0.2, 0) is 4.79 Å². The summed E-state index contributed by atoms with van der Waals surface area (Å²) in [5.41, 5.74) is 3.24. The number of H-pyrrole nitrogens is 1. The Kier molecular flexibility index (Phi) is 2.58. The Morgan fingerprint density at radius 1 is 1.50 bits per heavy atom. The van der Waals surface area contributed by atoms with Crippen molar-refractivity contribution in [2.24, 2.45) is 0 Å². The van der Waals surface area contributed by atoms with Gasteiger partial charge in [-0.25, -0.2) is 4.98 Å².